The highest BCUT2D eigenvalue weighted by Gasteiger charge is 2.24. The molecule has 0 saturated carbocycles. The predicted octanol–water partition coefficient (Wildman–Crippen LogP) is 6.60. The molecular formula is C27H33N3OS. The van der Waals surface area contributed by atoms with Crippen molar-refractivity contribution in [2.24, 2.45) is 5.92 Å². The number of likely N-dealkylation sites (tertiary alicyclic amines) is 1. The number of thiazole rings is 1. The maximum absolute atomic E-state index is 13.0. The normalized spacial score (nSPS) is 16.1. The van der Waals surface area contributed by atoms with Gasteiger partial charge in [-0.25, -0.2) is 4.98 Å². The van der Waals surface area contributed by atoms with Gasteiger partial charge in [0.15, 0.2) is 0 Å². The van der Waals surface area contributed by atoms with Crippen LogP contribution >= 0.6 is 11.3 Å². The first kappa shape index (κ1) is 22.7. The van der Waals surface area contributed by atoms with E-state index in [4.69, 9.17) is 4.98 Å². The highest BCUT2D eigenvalue weighted by atomic mass is 32.1. The summed E-state index contributed by atoms with van der Waals surface area (Å²) in [5.74, 6) is 1.08. The van der Waals surface area contributed by atoms with Gasteiger partial charge < -0.3 is 10.2 Å². The largest absolute Gasteiger partial charge is 0.320 e. The third-order valence-electron chi connectivity index (χ3n) is 6.47. The number of hydrogen-bond donors (Lipinski definition) is 1. The Bertz CT molecular complexity index is 1040. The van der Waals surface area contributed by atoms with E-state index in [0.29, 0.717) is 11.6 Å². The number of nitrogens with one attached hydrogen (secondary N) is 1. The number of anilines is 1. The Hall–Kier alpha value is -2.50. The van der Waals surface area contributed by atoms with Gasteiger partial charge in [0, 0.05) is 29.1 Å². The van der Waals surface area contributed by atoms with Gasteiger partial charge in [0.1, 0.15) is 5.69 Å². The van der Waals surface area contributed by atoms with Crippen molar-refractivity contribution in [2.75, 3.05) is 25.0 Å². The lowest BCUT2D eigenvalue weighted by Gasteiger charge is -2.32. The number of rotatable bonds is 7. The molecule has 1 aliphatic rings. The summed E-state index contributed by atoms with van der Waals surface area (Å²) in [6.45, 7) is 10.1. The molecule has 1 aliphatic heterocycles. The maximum Gasteiger partial charge on any atom is 0.275 e. The van der Waals surface area contributed by atoms with Crippen molar-refractivity contribution < 1.29 is 4.79 Å². The second kappa shape index (κ2) is 10.4. The molecule has 0 radical (unpaired) electrons. The molecule has 1 N–H and O–H groups in total. The van der Waals surface area contributed by atoms with E-state index < -0.39 is 0 Å². The van der Waals surface area contributed by atoms with Crippen LogP contribution in [-0.4, -0.2) is 35.4 Å². The van der Waals surface area contributed by atoms with Crippen LogP contribution in [0.3, 0.4) is 0 Å². The fourth-order valence-electron chi connectivity index (χ4n) is 4.32. The van der Waals surface area contributed by atoms with E-state index in [1.54, 1.807) is 11.3 Å². The Balaban J connectivity index is 1.42. The van der Waals surface area contributed by atoms with E-state index in [2.05, 4.69) is 49.2 Å². The standard InChI is InChI=1S/C27H33N3OS/c1-4-19(2)17-30-14-12-22(13-15-30)27-29-25(18-32-27)26(31)28-24-11-10-20(3)16-23(24)21-8-6-5-7-9-21/h5-11,16,18-19,22H,4,12-15,17H2,1-3H3,(H,28,31). The molecule has 2 aromatic carbocycles. The first-order valence-corrected chi connectivity index (χ1v) is 12.6. The molecule has 0 bridgehead atoms. The van der Waals surface area contributed by atoms with Gasteiger partial charge in [0.05, 0.1) is 5.01 Å². The number of hydrogen-bond acceptors (Lipinski definition) is 4. The van der Waals surface area contributed by atoms with Crippen LogP contribution in [0.25, 0.3) is 11.1 Å². The number of aryl methyl sites for hydroxylation is 1. The second-order valence-corrected chi connectivity index (χ2v) is 9.92. The fraction of sp³-hybridized carbons (Fsp3) is 0.407. The van der Waals surface area contributed by atoms with Gasteiger partial charge in [-0.15, -0.1) is 11.3 Å². The molecule has 1 aromatic heterocycles. The van der Waals surface area contributed by atoms with Gasteiger partial charge in [-0.1, -0.05) is 62.2 Å². The van der Waals surface area contributed by atoms with Crippen molar-refractivity contribution in [3.05, 3.63) is 70.2 Å². The van der Waals surface area contributed by atoms with Crippen LogP contribution < -0.4 is 5.32 Å². The summed E-state index contributed by atoms with van der Waals surface area (Å²) >= 11 is 1.63. The quantitative estimate of drug-likeness (QED) is 0.444. The number of carbonyl (C=O) groups is 1. The summed E-state index contributed by atoms with van der Waals surface area (Å²) < 4.78 is 0. The minimum Gasteiger partial charge on any atom is -0.320 e. The average Bonchev–Trinajstić information content (AvgIpc) is 3.32. The highest BCUT2D eigenvalue weighted by molar-refractivity contribution is 7.10. The summed E-state index contributed by atoms with van der Waals surface area (Å²) in [6.07, 6.45) is 3.49. The van der Waals surface area contributed by atoms with Crippen LogP contribution in [0.15, 0.2) is 53.9 Å². The molecule has 1 fully saturated rings. The lowest BCUT2D eigenvalue weighted by molar-refractivity contribution is 0.102. The Morgan fingerprint density at radius 3 is 2.66 bits per heavy atom. The molecule has 0 aliphatic carbocycles. The molecule has 3 aromatic rings. The summed E-state index contributed by atoms with van der Waals surface area (Å²) in [4.78, 5) is 20.3. The van der Waals surface area contributed by atoms with Crippen molar-refractivity contribution in [1.29, 1.82) is 0 Å². The molecule has 1 atom stereocenters. The minimum atomic E-state index is -0.136. The molecular weight excluding hydrogens is 414 g/mol. The van der Waals surface area contributed by atoms with E-state index in [0.717, 1.165) is 59.2 Å². The third-order valence-corrected chi connectivity index (χ3v) is 7.47. The van der Waals surface area contributed by atoms with Gasteiger partial charge in [0.25, 0.3) is 5.91 Å². The Morgan fingerprint density at radius 1 is 1.19 bits per heavy atom. The Kier molecular flexibility index (Phi) is 7.38. The van der Waals surface area contributed by atoms with E-state index in [9.17, 15) is 4.79 Å². The van der Waals surface area contributed by atoms with Crippen molar-refractivity contribution in [3.63, 3.8) is 0 Å². The summed E-state index contributed by atoms with van der Waals surface area (Å²) in [6, 6.07) is 16.3. The predicted molar refractivity (Wildman–Crippen MR) is 135 cm³/mol. The molecule has 168 valence electrons. The lowest BCUT2D eigenvalue weighted by atomic mass is 9.96. The Morgan fingerprint density at radius 2 is 1.94 bits per heavy atom. The highest BCUT2D eigenvalue weighted by Crippen LogP contribution is 2.32. The van der Waals surface area contributed by atoms with Gasteiger partial charge in [-0.3, -0.25) is 4.79 Å². The van der Waals surface area contributed by atoms with E-state index >= 15 is 0 Å². The van der Waals surface area contributed by atoms with Gasteiger partial charge >= 0.3 is 0 Å². The second-order valence-electron chi connectivity index (χ2n) is 9.03. The number of piperidine rings is 1. The molecule has 32 heavy (non-hydrogen) atoms. The summed E-state index contributed by atoms with van der Waals surface area (Å²) in [5.41, 5.74) is 4.63. The fourth-order valence-corrected chi connectivity index (χ4v) is 5.29. The number of amides is 1. The van der Waals surface area contributed by atoms with Gasteiger partial charge in [-0.05, 0) is 56.5 Å². The van der Waals surface area contributed by atoms with Crippen LogP contribution in [0, 0.1) is 12.8 Å². The van der Waals surface area contributed by atoms with E-state index in [-0.39, 0.29) is 5.91 Å². The average molecular weight is 448 g/mol. The van der Waals surface area contributed by atoms with Crippen molar-refractivity contribution in [1.82, 2.24) is 9.88 Å². The molecule has 1 unspecified atom stereocenters. The van der Waals surface area contributed by atoms with Crippen molar-refractivity contribution >= 4 is 22.9 Å². The third kappa shape index (κ3) is 5.45. The first-order chi connectivity index (χ1) is 15.5. The molecule has 0 spiro atoms. The molecule has 2 heterocycles. The number of nitrogens with zero attached hydrogens (tertiary/aromatic N) is 2. The lowest BCUT2D eigenvalue weighted by Crippen LogP contribution is -2.35. The van der Waals surface area contributed by atoms with Crippen molar-refractivity contribution in [2.45, 2.75) is 46.0 Å². The zero-order valence-electron chi connectivity index (χ0n) is 19.3. The van der Waals surface area contributed by atoms with Crippen LogP contribution in [0.4, 0.5) is 5.69 Å². The smallest absolute Gasteiger partial charge is 0.275 e. The minimum absolute atomic E-state index is 0.136. The maximum atomic E-state index is 13.0. The monoisotopic (exact) mass is 447 g/mol. The van der Waals surface area contributed by atoms with E-state index in [1.165, 1.54) is 13.0 Å². The SMILES string of the molecule is CCC(C)CN1CCC(c2nc(C(=O)Nc3ccc(C)cc3-c3ccccc3)cs2)CC1. The van der Waals surface area contributed by atoms with Crippen LogP contribution in [0.5, 0.6) is 0 Å². The topological polar surface area (TPSA) is 45.2 Å². The summed E-state index contributed by atoms with van der Waals surface area (Å²) in [7, 11) is 0. The van der Waals surface area contributed by atoms with Gasteiger partial charge in [0.2, 0.25) is 0 Å². The molecule has 4 nitrogen and oxygen atoms in total. The zero-order chi connectivity index (χ0) is 22.5. The van der Waals surface area contributed by atoms with E-state index in [1.807, 2.05) is 35.7 Å². The number of aromatic nitrogens is 1. The number of benzene rings is 2. The molecule has 1 saturated heterocycles. The zero-order valence-corrected chi connectivity index (χ0v) is 20.1. The van der Waals surface area contributed by atoms with Crippen LogP contribution in [0.2, 0.25) is 0 Å². The molecule has 4 rings (SSSR count). The van der Waals surface area contributed by atoms with Crippen LogP contribution in [0.1, 0.15) is 60.1 Å². The summed E-state index contributed by atoms with van der Waals surface area (Å²) in [5, 5.41) is 6.11. The molecule has 5 heteroatoms. The molecule has 1 amide bonds. The first-order valence-electron chi connectivity index (χ1n) is 11.7. The number of carbonyl (C=O) groups excluding carboxylic acids is 1. The Labute approximate surface area is 195 Å². The van der Waals surface area contributed by atoms with Crippen molar-refractivity contribution in [3.8, 4) is 11.1 Å². The van der Waals surface area contributed by atoms with Gasteiger partial charge in [-0.2, -0.15) is 0 Å². The van der Waals surface area contributed by atoms with Crippen LogP contribution in [-0.2, 0) is 0 Å².